The normalized spacial score (nSPS) is 15.6. The predicted molar refractivity (Wildman–Crippen MR) is 106 cm³/mol. The summed E-state index contributed by atoms with van der Waals surface area (Å²) in [5.74, 6) is 6.05. The molecule has 1 aliphatic rings. The minimum Gasteiger partial charge on any atom is -0.348 e. The van der Waals surface area contributed by atoms with Crippen LogP contribution in [0.2, 0.25) is 5.02 Å². The van der Waals surface area contributed by atoms with Crippen LogP contribution in [0.1, 0.15) is 22.8 Å². The summed E-state index contributed by atoms with van der Waals surface area (Å²) in [6.07, 6.45) is -0.488. The highest BCUT2D eigenvalue weighted by molar-refractivity contribution is 6.30. The van der Waals surface area contributed by atoms with E-state index in [0.717, 1.165) is 16.8 Å². The molecule has 1 atom stereocenters. The van der Waals surface area contributed by atoms with Crippen LogP contribution < -0.4 is 4.90 Å². The Morgan fingerprint density at radius 2 is 1.78 bits per heavy atom. The van der Waals surface area contributed by atoms with Gasteiger partial charge in [0.1, 0.15) is 18.7 Å². The number of anilines is 1. The molecule has 0 saturated carbocycles. The summed E-state index contributed by atoms with van der Waals surface area (Å²) in [5, 5.41) is 0.593. The average Bonchev–Trinajstić information content (AvgIpc) is 2.69. The fourth-order valence-electron chi connectivity index (χ4n) is 3.18. The average molecular weight is 378 g/mol. The van der Waals surface area contributed by atoms with Gasteiger partial charge < -0.3 is 9.64 Å². The van der Waals surface area contributed by atoms with Gasteiger partial charge in [0, 0.05) is 27.4 Å². The van der Waals surface area contributed by atoms with E-state index in [1.807, 2.05) is 59.5 Å². The number of halogens is 2. The van der Waals surface area contributed by atoms with Crippen molar-refractivity contribution in [2.24, 2.45) is 0 Å². The molecule has 1 unspecified atom stereocenters. The maximum atomic E-state index is 14.3. The monoisotopic (exact) mass is 377 g/mol. The predicted octanol–water partition coefficient (Wildman–Crippen LogP) is 5.41. The lowest BCUT2D eigenvalue weighted by molar-refractivity contribution is 0.0691. The van der Waals surface area contributed by atoms with E-state index in [0.29, 0.717) is 23.9 Å². The van der Waals surface area contributed by atoms with E-state index < -0.39 is 6.10 Å². The fraction of sp³-hybridized carbons (Fsp3) is 0.130. The minimum atomic E-state index is -0.488. The van der Waals surface area contributed by atoms with Gasteiger partial charge in [0.2, 0.25) is 0 Å². The van der Waals surface area contributed by atoms with Crippen molar-refractivity contribution in [3.05, 3.63) is 100 Å². The van der Waals surface area contributed by atoms with Crippen LogP contribution in [0.4, 0.5) is 10.1 Å². The molecule has 0 amide bonds. The minimum absolute atomic E-state index is 0.286. The first-order valence-electron chi connectivity index (χ1n) is 8.67. The van der Waals surface area contributed by atoms with Crippen molar-refractivity contribution in [3.63, 3.8) is 0 Å². The van der Waals surface area contributed by atoms with Crippen molar-refractivity contribution in [1.29, 1.82) is 0 Å². The van der Waals surface area contributed by atoms with Gasteiger partial charge in [0.15, 0.2) is 0 Å². The Bertz CT molecular complexity index is 1010. The molecule has 1 heterocycles. The molecule has 3 aromatic rings. The molecule has 3 aromatic carbocycles. The molecule has 2 nitrogen and oxygen atoms in total. The zero-order valence-electron chi connectivity index (χ0n) is 14.5. The van der Waals surface area contributed by atoms with Crippen molar-refractivity contribution < 1.29 is 9.13 Å². The zero-order valence-corrected chi connectivity index (χ0v) is 15.3. The van der Waals surface area contributed by atoms with Crippen molar-refractivity contribution in [1.82, 2.24) is 0 Å². The lowest BCUT2D eigenvalue weighted by Gasteiger charge is -2.35. The second-order valence-corrected chi connectivity index (χ2v) is 6.70. The van der Waals surface area contributed by atoms with E-state index in [1.54, 1.807) is 12.1 Å². The second kappa shape index (κ2) is 7.84. The van der Waals surface area contributed by atoms with E-state index >= 15 is 0 Å². The van der Waals surface area contributed by atoms with Gasteiger partial charge in [0.25, 0.3) is 0 Å². The molecule has 0 spiro atoms. The lowest BCUT2D eigenvalue weighted by Crippen LogP contribution is -2.33. The van der Waals surface area contributed by atoms with Crippen LogP contribution in [0, 0.1) is 17.7 Å². The molecule has 0 aliphatic carbocycles. The van der Waals surface area contributed by atoms with Crippen LogP contribution >= 0.6 is 11.6 Å². The van der Waals surface area contributed by atoms with Gasteiger partial charge in [-0.25, -0.2) is 4.39 Å². The summed E-state index contributed by atoms with van der Waals surface area (Å²) < 4.78 is 20.3. The molecule has 0 N–H and O–H groups in total. The van der Waals surface area contributed by atoms with Crippen molar-refractivity contribution >= 4 is 17.3 Å². The summed E-state index contributed by atoms with van der Waals surface area (Å²) in [6.45, 7) is 0.838. The number of fused-ring (bicyclic) bond motifs is 1. The third-order valence-corrected chi connectivity index (χ3v) is 4.71. The Labute approximate surface area is 163 Å². The molecule has 1 aliphatic heterocycles. The number of nitrogens with zero attached hydrogens (tertiary/aromatic N) is 1. The van der Waals surface area contributed by atoms with Crippen LogP contribution in [-0.4, -0.2) is 13.3 Å². The van der Waals surface area contributed by atoms with Crippen molar-refractivity contribution in [3.8, 4) is 11.8 Å². The third-order valence-electron chi connectivity index (χ3n) is 4.47. The molecule has 0 fully saturated rings. The molecular formula is C23H17ClFNO. The number of rotatable bonds is 2. The zero-order chi connectivity index (χ0) is 18.6. The number of benzene rings is 3. The van der Waals surface area contributed by atoms with Gasteiger partial charge in [-0.15, -0.1) is 0 Å². The molecule has 0 radical (unpaired) electrons. The van der Waals surface area contributed by atoms with E-state index in [2.05, 4.69) is 11.8 Å². The molecular weight excluding hydrogens is 361 g/mol. The maximum Gasteiger partial charge on any atom is 0.129 e. The molecule has 27 heavy (non-hydrogen) atoms. The van der Waals surface area contributed by atoms with Crippen LogP contribution in [0.15, 0.2) is 72.8 Å². The van der Waals surface area contributed by atoms with Crippen LogP contribution in [0.5, 0.6) is 0 Å². The standard InChI is InChI=1S/C23H17ClFNO/c24-18-12-13-22-20(15-18)23(19-10-4-5-11-21(19)25)27-16-26(22)14-6-9-17-7-2-1-3-8-17/h1-5,7-8,10-13,15,23H,14,16H2. The van der Waals surface area contributed by atoms with E-state index in [4.69, 9.17) is 16.3 Å². The Morgan fingerprint density at radius 1 is 1.00 bits per heavy atom. The van der Waals surface area contributed by atoms with Gasteiger partial charge in [-0.05, 0) is 36.4 Å². The Kier molecular flexibility index (Phi) is 5.11. The summed E-state index contributed by atoms with van der Waals surface area (Å²) in [5.41, 5.74) is 3.29. The molecule has 0 bridgehead atoms. The Balaban J connectivity index is 1.64. The summed E-state index contributed by atoms with van der Waals surface area (Å²) in [4.78, 5) is 2.03. The SMILES string of the molecule is Fc1ccccc1C1OCN(CC#Cc2ccccc2)c2ccc(Cl)cc21. The van der Waals surface area contributed by atoms with Gasteiger partial charge in [-0.2, -0.15) is 0 Å². The highest BCUT2D eigenvalue weighted by atomic mass is 35.5. The number of hydrogen-bond acceptors (Lipinski definition) is 2. The van der Waals surface area contributed by atoms with E-state index in [9.17, 15) is 4.39 Å². The lowest BCUT2D eigenvalue weighted by atomic mass is 9.97. The second-order valence-electron chi connectivity index (χ2n) is 6.27. The van der Waals surface area contributed by atoms with Gasteiger partial charge in [0.05, 0.1) is 6.54 Å². The van der Waals surface area contributed by atoms with Crippen molar-refractivity contribution in [2.75, 3.05) is 18.2 Å². The smallest absolute Gasteiger partial charge is 0.129 e. The Morgan fingerprint density at radius 3 is 2.59 bits per heavy atom. The van der Waals surface area contributed by atoms with Crippen LogP contribution in [0.3, 0.4) is 0 Å². The molecule has 0 aromatic heterocycles. The van der Waals surface area contributed by atoms with Gasteiger partial charge in [-0.3, -0.25) is 0 Å². The van der Waals surface area contributed by atoms with Crippen LogP contribution in [-0.2, 0) is 4.74 Å². The van der Waals surface area contributed by atoms with Gasteiger partial charge in [-0.1, -0.05) is 59.8 Å². The molecule has 0 saturated heterocycles. The first kappa shape index (κ1) is 17.6. The quantitative estimate of drug-likeness (QED) is 0.553. The Hall–Kier alpha value is -2.80. The fourth-order valence-corrected chi connectivity index (χ4v) is 3.36. The molecule has 4 rings (SSSR count). The van der Waals surface area contributed by atoms with E-state index in [-0.39, 0.29) is 5.82 Å². The summed E-state index contributed by atoms with van der Waals surface area (Å²) >= 11 is 6.21. The van der Waals surface area contributed by atoms with E-state index in [1.165, 1.54) is 6.07 Å². The highest BCUT2D eigenvalue weighted by Gasteiger charge is 2.28. The van der Waals surface area contributed by atoms with Gasteiger partial charge >= 0.3 is 0 Å². The topological polar surface area (TPSA) is 12.5 Å². The molecule has 4 heteroatoms. The molecule has 134 valence electrons. The highest BCUT2D eigenvalue weighted by Crippen LogP contribution is 2.39. The van der Waals surface area contributed by atoms with Crippen LogP contribution in [0.25, 0.3) is 0 Å². The number of hydrogen-bond donors (Lipinski definition) is 0. The summed E-state index contributed by atoms with van der Waals surface area (Å²) in [6, 6.07) is 22.1. The first-order valence-corrected chi connectivity index (χ1v) is 9.04. The maximum absolute atomic E-state index is 14.3. The largest absolute Gasteiger partial charge is 0.348 e. The number of ether oxygens (including phenoxy) is 1. The van der Waals surface area contributed by atoms with Crippen molar-refractivity contribution in [2.45, 2.75) is 6.10 Å². The first-order chi connectivity index (χ1) is 13.2. The summed E-state index contributed by atoms with van der Waals surface area (Å²) in [7, 11) is 0. The third kappa shape index (κ3) is 3.83.